The van der Waals surface area contributed by atoms with Crippen LogP contribution in [0.15, 0.2) is 5.38 Å². The molecule has 0 amide bonds. The van der Waals surface area contributed by atoms with Crippen molar-refractivity contribution < 1.29 is 9.47 Å². The maximum atomic E-state index is 5.48. The first-order valence-corrected chi connectivity index (χ1v) is 6.15. The Kier molecular flexibility index (Phi) is 2.62. The van der Waals surface area contributed by atoms with Crippen LogP contribution in [0.3, 0.4) is 0 Å². The normalized spacial score (nSPS) is 15.2. The van der Waals surface area contributed by atoms with E-state index in [9.17, 15) is 0 Å². The highest BCUT2D eigenvalue weighted by molar-refractivity contribution is 9.24. The lowest BCUT2D eigenvalue weighted by Gasteiger charge is -2.15. The number of alkyl halides is 2. The first-order chi connectivity index (χ1) is 5.79. The summed E-state index contributed by atoms with van der Waals surface area (Å²) in [4.78, 5) is 0. The lowest BCUT2D eigenvalue weighted by molar-refractivity contribution is 0.177. The van der Waals surface area contributed by atoms with Gasteiger partial charge in [-0.3, -0.25) is 0 Å². The van der Waals surface area contributed by atoms with Crippen LogP contribution in [0.4, 0.5) is 0 Å². The first-order valence-electron chi connectivity index (χ1n) is 3.44. The summed E-state index contributed by atoms with van der Waals surface area (Å²) in [5.74, 6) is 0.880. The molecule has 1 aromatic heterocycles. The molecule has 2 heterocycles. The Morgan fingerprint density at radius 3 is 2.83 bits per heavy atom. The molecule has 0 bridgehead atoms. The van der Waals surface area contributed by atoms with Crippen molar-refractivity contribution in [3.63, 3.8) is 0 Å². The van der Waals surface area contributed by atoms with E-state index < -0.39 is 0 Å². The van der Waals surface area contributed by atoms with Gasteiger partial charge < -0.3 is 9.47 Å². The van der Waals surface area contributed by atoms with Crippen LogP contribution in [0.1, 0.15) is 9.30 Å². The van der Waals surface area contributed by atoms with Crippen LogP contribution in [-0.4, -0.2) is 13.2 Å². The minimum Gasteiger partial charge on any atom is -0.485 e. The molecule has 1 aliphatic rings. The Bertz CT molecular complexity index is 285. The van der Waals surface area contributed by atoms with Gasteiger partial charge in [-0.1, -0.05) is 31.9 Å². The lowest BCUT2D eigenvalue weighted by Crippen LogP contribution is -2.14. The smallest absolute Gasteiger partial charge is 0.217 e. The third kappa shape index (κ3) is 1.49. The van der Waals surface area contributed by atoms with Gasteiger partial charge in [0.1, 0.15) is 13.2 Å². The fourth-order valence-electron chi connectivity index (χ4n) is 1.01. The summed E-state index contributed by atoms with van der Waals surface area (Å²) in [6.07, 6.45) is 0. The average molecular weight is 314 g/mol. The molecule has 2 rings (SSSR count). The van der Waals surface area contributed by atoms with E-state index >= 15 is 0 Å². The summed E-state index contributed by atoms with van der Waals surface area (Å²) in [5, 5.41) is 2.92. The molecule has 1 aliphatic heterocycles. The summed E-state index contributed by atoms with van der Waals surface area (Å²) >= 11 is 8.43. The highest BCUT2D eigenvalue weighted by Crippen LogP contribution is 2.47. The zero-order valence-corrected chi connectivity index (χ0v) is 10.0. The summed E-state index contributed by atoms with van der Waals surface area (Å²) < 4.78 is 11.0. The zero-order chi connectivity index (χ0) is 8.55. The number of thiophene rings is 1. The molecule has 2 nitrogen and oxygen atoms in total. The molecule has 12 heavy (non-hydrogen) atoms. The van der Waals surface area contributed by atoms with E-state index in [0.717, 1.165) is 16.4 Å². The van der Waals surface area contributed by atoms with Crippen molar-refractivity contribution in [3.05, 3.63) is 10.9 Å². The van der Waals surface area contributed by atoms with Crippen LogP contribution in [0.25, 0.3) is 0 Å². The van der Waals surface area contributed by atoms with Gasteiger partial charge in [0.25, 0.3) is 0 Å². The number of rotatable bonds is 1. The Morgan fingerprint density at radius 2 is 2.08 bits per heavy atom. The van der Waals surface area contributed by atoms with Gasteiger partial charge in [-0.15, -0.1) is 11.3 Å². The molecule has 0 aliphatic carbocycles. The molecule has 0 N–H and O–H groups in total. The molecule has 0 saturated carbocycles. The van der Waals surface area contributed by atoms with Crippen molar-refractivity contribution in [1.82, 2.24) is 0 Å². The molecule has 0 saturated heterocycles. The quantitative estimate of drug-likeness (QED) is 0.741. The number of hydrogen-bond acceptors (Lipinski definition) is 3. The van der Waals surface area contributed by atoms with Gasteiger partial charge in [-0.25, -0.2) is 0 Å². The van der Waals surface area contributed by atoms with Gasteiger partial charge in [0, 0.05) is 10.9 Å². The van der Waals surface area contributed by atoms with Gasteiger partial charge in [0.15, 0.2) is 5.75 Å². The highest BCUT2D eigenvalue weighted by Gasteiger charge is 2.21. The highest BCUT2D eigenvalue weighted by atomic mass is 79.9. The second-order valence-electron chi connectivity index (χ2n) is 2.31. The van der Waals surface area contributed by atoms with Crippen LogP contribution in [-0.2, 0) is 0 Å². The van der Waals surface area contributed by atoms with Gasteiger partial charge >= 0.3 is 0 Å². The van der Waals surface area contributed by atoms with Crippen molar-refractivity contribution in [2.24, 2.45) is 0 Å². The molecule has 0 spiro atoms. The molecular formula is C7H6Br2O2S. The fraction of sp³-hybridized carbons (Fsp3) is 0.429. The Balaban J connectivity index is 2.38. The van der Waals surface area contributed by atoms with E-state index in [1.54, 1.807) is 11.3 Å². The third-order valence-electron chi connectivity index (χ3n) is 1.54. The van der Waals surface area contributed by atoms with Gasteiger partial charge in [0.2, 0.25) is 5.06 Å². The van der Waals surface area contributed by atoms with E-state index in [4.69, 9.17) is 9.47 Å². The van der Waals surface area contributed by atoms with Crippen molar-refractivity contribution in [1.29, 1.82) is 0 Å². The number of hydrogen-bond donors (Lipinski definition) is 0. The van der Waals surface area contributed by atoms with Crippen molar-refractivity contribution in [2.75, 3.05) is 13.2 Å². The molecule has 66 valence electrons. The van der Waals surface area contributed by atoms with E-state index in [0.29, 0.717) is 13.2 Å². The first kappa shape index (κ1) is 8.84. The molecule has 0 unspecified atom stereocenters. The minimum absolute atomic E-state index is 0.145. The van der Waals surface area contributed by atoms with Crippen LogP contribution in [0, 0.1) is 0 Å². The van der Waals surface area contributed by atoms with Crippen LogP contribution in [0.2, 0.25) is 0 Å². The van der Waals surface area contributed by atoms with E-state index in [1.807, 2.05) is 5.38 Å². The molecule has 0 aromatic carbocycles. The SMILES string of the molecule is BrC(Br)c1csc2c1OCCO2. The monoisotopic (exact) mass is 312 g/mol. The number of ether oxygens (including phenoxy) is 2. The Morgan fingerprint density at radius 1 is 1.33 bits per heavy atom. The fourth-order valence-corrected chi connectivity index (χ4v) is 2.95. The predicted octanol–water partition coefficient (Wildman–Crippen LogP) is 3.31. The molecule has 1 aromatic rings. The average Bonchev–Trinajstić information content (AvgIpc) is 2.47. The number of fused-ring (bicyclic) bond motifs is 1. The molecule has 5 heteroatoms. The Hall–Kier alpha value is 0.260. The third-order valence-corrected chi connectivity index (χ3v) is 3.41. The molecule has 0 atom stereocenters. The van der Waals surface area contributed by atoms with Gasteiger partial charge in [0.05, 0.1) is 3.74 Å². The van der Waals surface area contributed by atoms with Crippen LogP contribution >= 0.6 is 43.2 Å². The van der Waals surface area contributed by atoms with Crippen LogP contribution < -0.4 is 9.47 Å². The van der Waals surface area contributed by atoms with Crippen LogP contribution in [0.5, 0.6) is 10.8 Å². The summed E-state index contributed by atoms with van der Waals surface area (Å²) in [6.45, 7) is 1.30. The second-order valence-corrected chi connectivity index (χ2v) is 6.21. The van der Waals surface area contributed by atoms with Gasteiger partial charge in [-0.2, -0.15) is 0 Å². The maximum Gasteiger partial charge on any atom is 0.217 e. The Labute approximate surface area is 91.1 Å². The second kappa shape index (κ2) is 3.55. The largest absolute Gasteiger partial charge is 0.485 e. The van der Waals surface area contributed by atoms with E-state index in [1.165, 1.54) is 0 Å². The topological polar surface area (TPSA) is 18.5 Å². The predicted molar refractivity (Wildman–Crippen MR) is 55.9 cm³/mol. The zero-order valence-electron chi connectivity index (χ0n) is 6.05. The standard InChI is InChI=1S/C7H6Br2O2S/c8-6(9)4-3-12-7-5(4)10-1-2-11-7/h3,6H,1-2H2. The molecular weight excluding hydrogens is 308 g/mol. The number of halogens is 2. The lowest BCUT2D eigenvalue weighted by atomic mass is 10.3. The van der Waals surface area contributed by atoms with E-state index in [-0.39, 0.29) is 3.74 Å². The summed E-state index contributed by atoms with van der Waals surface area (Å²) in [5.41, 5.74) is 1.11. The summed E-state index contributed by atoms with van der Waals surface area (Å²) in [7, 11) is 0. The molecule has 0 fully saturated rings. The van der Waals surface area contributed by atoms with Crippen molar-refractivity contribution >= 4 is 43.2 Å². The minimum atomic E-state index is 0.145. The van der Waals surface area contributed by atoms with Crippen molar-refractivity contribution in [2.45, 2.75) is 3.74 Å². The van der Waals surface area contributed by atoms with E-state index in [2.05, 4.69) is 31.9 Å². The molecule has 0 radical (unpaired) electrons. The maximum absolute atomic E-state index is 5.48. The van der Waals surface area contributed by atoms with Gasteiger partial charge in [-0.05, 0) is 0 Å². The van der Waals surface area contributed by atoms with Crippen molar-refractivity contribution in [3.8, 4) is 10.8 Å². The summed E-state index contributed by atoms with van der Waals surface area (Å²) in [6, 6.07) is 0.